The van der Waals surface area contributed by atoms with E-state index in [1.54, 1.807) is 0 Å². The lowest BCUT2D eigenvalue weighted by molar-refractivity contribution is 0.623. The van der Waals surface area contributed by atoms with Crippen LogP contribution in [0.1, 0.15) is 24.0 Å². The van der Waals surface area contributed by atoms with Crippen LogP contribution in [0.3, 0.4) is 0 Å². The highest BCUT2D eigenvalue weighted by Gasteiger charge is 2.28. The summed E-state index contributed by atoms with van der Waals surface area (Å²) < 4.78 is 14.2. The van der Waals surface area contributed by atoms with Gasteiger partial charge in [-0.15, -0.1) is 0 Å². The second-order valence-corrected chi connectivity index (χ2v) is 11.0. The maximum Gasteiger partial charge on any atom is 0.141 e. The Morgan fingerprint density at radius 3 is 2.44 bits per heavy atom. The Morgan fingerprint density at radius 1 is 1.19 bits per heavy atom. The zero-order valence-electron chi connectivity index (χ0n) is 10.2. The largest absolute Gasteiger partial charge is 0.205 e. The number of aryl methyl sites for hydroxylation is 1. The van der Waals surface area contributed by atoms with Crippen molar-refractivity contribution < 1.29 is 4.39 Å². The molecule has 0 amide bonds. The van der Waals surface area contributed by atoms with Crippen molar-refractivity contribution in [2.24, 2.45) is 0 Å². The van der Waals surface area contributed by atoms with Gasteiger partial charge in [-0.1, -0.05) is 31.2 Å². The normalized spacial score (nSPS) is 16.1. The van der Waals surface area contributed by atoms with E-state index in [0.717, 1.165) is 18.0 Å². The van der Waals surface area contributed by atoms with Crippen LogP contribution in [0, 0.1) is 5.82 Å². The Labute approximate surface area is 103 Å². The molecule has 1 aromatic rings. The number of hydrogen-bond acceptors (Lipinski definition) is 0. The average molecular weight is 257 g/mol. The highest BCUT2D eigenvalue weighted by atomic mass is 35.5. The third-order valence-corrected chi connectivity index (χ3v) is 5.59. The average Bonchev–Trinajstić information content (AvgIpc) is 2.17. The molecule has 0 unspecified atom stereocenters. The van der Waals surface area contributed by atoms with Crippen molar-refractivity contribution in [1.29, 1.82) is 0 Å². The maximum absolute atomic E-state index is 14.2. The van der Waals surface area contributed by atoms with Crippen LogP contribution >= 0.6 is 11.6 Å². The van der Waals surface area contributed by atoms with Crippen molar-refractivity contribution >= 4 is 24.9 Å². The van der Waals surface area contributed by atoms with Gasteiger partial charge in [-0.25, -0.2) is 4.39 Å². The van der Waals surface area contributed by atoms with E-state index in [4.69, 9.17) is 11.6 Å². The van der Waals surface area contributed by atoms with Crippen molar-refractivity contribution in [3.63, 3.8) is 0 Å². The van der Waals surface area contributed by atoms with E-state index in [2.05, 4.69) is 19.6 Å². The lowest BCUT2D eigenvalue weighted by Crippen LogP contribution is -2.44. The minimum atomic E-state index is -1.65. The van der Waals surface area contributed by atoms with Crippen LogP contribution in [0.25, 0.3) is 0 Å². The predicted octanol–water partition coefficient (Wildman–Crippen LogP) is 3.90. The van der Waals surface area contributed by atoms with Crippen LogP contribution in [0.5, 0.6) is 0 Å². The van der Waals surface area contributed by atoms with Gasteiger partial charge in [-0.05, 0) is 48.1 Å². The van der Waals surface area contributed by atoms with E-state index < -0.39 is 8.07 Å². The summed E-state index contributed by atoms with van der Waals surface area (Å²) in [6.07, 6.45) is 4.49. The summed E-state index contributed by atoms with van der Waals surface area (Å²) in [4.78, 5) is 0. The summed E-state index contributed by atoms with van der Waals surface area (Å²) in [5.74, 6) is -0.151. The van der Waals surface area contributed by atoms with Gasteiger partial charge in [0.1, 0.15) is 5.82 Å². The molecule has 16 heavy (non-hydrogen) atoms. The van der Waals surface area contributed by atoms with Gasteiger partial charge in [-0.2, -0.15) is 0 Å². The van der Waals surface area contributed by atoms with Gasteiger partial charge >= 0.3 is 0 Å². The Kier molecular flexibility index (Phi) is 3.15. The Morgan fingerprint density at radius 2 is 1.81 bits per heavy atom. The molecule has 0 aliphatic heterocycles. The number of halogens is 2. The van der Waals surface area contributed by atoms with Crippen molar-refractivity contribution in [3.05, 3.63) is 28.0 Å². The highest BCUT2D eigenvalue weighted by molar-refractivity contribution is 6.89. The van der Waals surface area contributed by atoms with E-state index in [9.17, 15) is 4.39 Å². The number of fused-ring (bicyclic) bond motifs is 1. The summed E-state index contributed by atoms with van der Waals surface area (Å²) in [7, 11) is -1.65. The zero-order valence-corrected chi connectivity index (χ0v) is 11.9. The molecule has 0 atom stereocenters. The highest BCUT2D eigenvalue weighted by Crippen LogP contribution is 2.27. The first-order valence-electron chi connectivity index (χ1n) is 5.91. The van der Waals surface area contributed by atoms with Gasteiger partial charge in [0.2, 0.25) is 0 Å². The summed E-state index contributed by atoms with van der Waals surface area (Å²) in [6.45, 7) is 6.57. The molecule has 1 aliphatic rings. The van der Waals surface area contributed by atoms with E-state index in [1.807, 2.05) is 6.07 Å². The maximum atomic E-state index is 14.2. The molecule has 0 radical (unpaired) electrons. The molecule has 88 valence electrons. The molecule has 0 spiro atoms. The van der Waals surface area contributed by atoms with E-state index in [1.165, 1.54) is 24.0 Å². The van der Waals surface area contributed by atoms with Crippen molar-refractivity contribution in [1.82, 2.24) is 0 Å². The molecule has 2 rings (SSSR count). The van der Waals surface area contributed by atoms with E-state index in [0.29, 0.717) is 5.02 Å². The molecule has 0 bridgehead atoms. The molecule has 0 heterocycles. The van der Waals surface area contributed by atoms with Crippen LogP contribution in [0.15, 0.2) is 6.07 Å². The Balaban J connectivity index is 2.69. The minimum absolute atomic E-state index is 0.151. The molecule has 0 aromatic heterocycles. The Hall–Kier alpha value is -0.343. The Bertz CT molecular complexity index is 421. The summed E-state index contributed by atoms with van der Waals surface area (Å²) in [5.41, 5.74) is 2.56. The SMILES string of the molecule is C[Si](C)(C)c1c(F)c(Cl)cc2c1CCCC2. The van der Waals surface area contributed by atoms with Crippen LogP contribution in [0.4, 0.5) is 4.39 Å². The summed E-state index contributed by atoms with van der Waals surface area (Å²) in [6, 6.07) is 1.84. The molecule has 0 saturated heterocycles. The fourth-order valence-electron chi connectivity index (χ4n) is 2.62. The molecular weight excluding hydrogens is 239 g/mol. The second-order valence-electron chi connectivity index (χ2n) is 5.64. The predicted molar refractivity (Wildman–Crippen MR) is 71.0 cm³/mol. The van der Waals surface area contributed by atoms with Gasteiger partial charge in [-0.3, -0.25) is 0 Å². The third-order valence-electron chi connectivity index (χ3n) is 3.29. The molecule has 0 nitrogen and oxygen atoms in total. The first-order chi connectivity index (χ1) is 7.41. The quantitative estimate of drug-likeness (QED) is 0.669. The zero-order chi connectivity index (χ0) is 11.9. The van der Waals surface area contributed by atoms with Crippen LogP contribution in [-0.2, 0) is 12.8 Å². The lowest BCUT2D eigenvalue weighted by Gasteiger charge is -2.27. The second kappa shape index (κ2) is 4.15. The van der Waals surface area contributed by atoms with Crippen molar-refractivity contribution in [2.75, 3.05) is 0 Å². The van der Waals surface area contributed by atoms with Crippen LogP contribution < -0.4 is 5.19 Å². The number of rotatable bonds is 1. The van der Waals surface area contributed by atoms with Crippen LogP contribution in [-0.4, -0.2) is 8.07 Å². The van der Waals surface area contributed by atoms with Gasteiger partial charge in [0.25, 0.3) is 0 Å². The van der Waals surface area contributed by atoms with Crippen molar-refractivity contribution in [3.8, 4) is 0 Å². The smallest absolute Gasteiger partial charge is 0.141 e. The molecule has 1 aromatic carbocycles. The topological polar surface area (TPSA) is 0 Å². The minimum Gasteiger partial charge on any atom is -0.205 e. The van der Waals surface area contributed by atoms with E-state index >= 15 is 0 Å². The number of hydrogen-bond donors (Lipinski definition) is 0. The van der Waals surface area contributed by atoms with Gasteiger partial charge in [0.05, 0.1) is 13.1 Å². The lowest BCUT2D eigenvalue weighted by atomic mass is 9.91. The molecule has 0 fully saturated rings. The van der Waals surface area contributed by atoms with E-state index in [-0.39, 0.29) is 5.82 Å². The molecule has 0 N–H and O–H groups in total. The van der Waals surface area contributed by atoms with Crippen molar-refractivity contribution in [2.45, 2.75) is 45.3 Å². The fourth-order valence-corrected chi connectivity index (χ4v) is 4.91. The molecule has 0 saturated carbocycles. The number of benzene rings is 1. The molecule has 1 aliphatic carbocycles. The van der Waals surface area contributed by atoms with Crippen LogP contribution in [0.2, 0.25) is 24.7 Å². The third kappa shape index (κ3) is 2.05. The van der Waals surface area contributed by atoms with Gasteiger partial charge in [0.15, 0.2) is 0 Å². The fraction of sp³-hybridized carbons (Fsp3) is 0.538. The molecular formula is C13H18ClFSi. The first-order valence-corrected chi connectivity index (χ1v) is 9.79. The monoisotopic (exact) mass is 256 g/mol. The standard InChI is InChI=1S/C13H18ClFSi/c1-16(2,3)13-10-7-5-4-6-9(10)8-11(14)12(13)15/h8H,4-7H2,1-3H3. The summed E-state index contributed by atoms with van der Waals surface area (Å²) in [5, 5.41) is 1.28. The molecule has 3 heteroatoms. The summed E-state index contributed by atoms with van der Waals surface area (Å²) >= 11 is 6.00. The van der Waals surface area contributed by atoms with Gasteiger partial charge in [0, 0.05) is 0 Å². The van der Waals surface area contributed by atoms with Gasteiger partial charge < -0.3 is 0 Å². The first kappa shape index (κ1) is 12.1.